The number of nitrogens with one attached hydrogen (secondary N) is 1. The maximum absolute atomic E-state index is 12.2. The molecule has 1 heterocycles. The van der Waals surface area contributed by atoms with Crippen LogP contribution < -0.4 is 11.1 Å². The van der Waals surface area contributed by atoms with Crippen LogP contribution in [-0.2, 0) is 4.79 Å². The first-order valence-electron chi connectivity index (χ1n) is 8.51. The number of nitrogens with zero attached hydrogens (tertiary/aromatic N) is 2. The summed E-state index contributed by atoms with van der Waals surface area (Å²) in [5, 5.41) is 3.45. The van der Waals surface area contributed by atoms with Crippen molar-refractivity contribution in [3.8, 4) is 0 Å². The zero-order chi connectivity index (χ0) is 15.5. The molecule has 2 fully saturated rings. The molecule has 0 radical (unpaired) electrons. The molecule has 2 unspecified atom stereocenters. The lowest BCUT2D eigenvalue weighted by Crippen LogP contribution is -2.64. The third kappa shape index (κ3) is 3.76. The van der Waals surface area contributed by atoms with Crippen molar-refractivity contribution in [1.82, 2.24) is 15.1 Å². The highest BCUT2D eigenvalue weighted by Crippen LogP contribution is 2.40. The van der Waals surface area contributed by atoms with E-state index in [9.17, 15) is 4.79 Å². The van der Waals surface area contributed by atoms with E-state index in [4.69, 9.17) is 5.73 Å². The van der Waals surface area contributed by atoms with Crippen molar-refractivity contribution in [2.75, 3.05) is 39.8 Å². The van der Waals surface area contributed by atoms with Crippen LogP contribution in [0, 0.1) is 5.92 Å². The molecule has 0 spiro atoms. The molecule has 1 amide bonds. The Balaban J connectivity index is 2.15. The Kier molecular flexibility index (Phi) is 5.63. The molecule has 5 nitrogen and oxygen atoms in total. The van der Waals surface area contributed by atoms with Gasteiger partial charge < -0.3 is 16.0 Å². The van der Waals surface area contributed by atoms with E-state index in [1.54, 1.807) is 0 Å². The largest absolute Gasteiger partial charge is 0.368 e. The van der Waals surface area contributed by atoms with Gasteiger partial charge in [-0.3, -0.25) is 9.69 Å². The number of carbonyl (C=O) groups is 1. The van der Waals surface area contributed by atoms with Crippen molar-refractivity contribution < 1.29 is 4.79 Å². The van der Waals surface area contributed by atoms with Gasteiger partial charge in [-0.25, -0.2) is 0 Å². The van der Waals surface area contributed by atoms with E-state index < -0.39 is 5.54 Å². The molecular formula is C16H32N4O. The second-order valence-electron chi connectivity index (χ2n) is 6.79. The maximum atomic E-state index is 12.2. The molecule has 122 valence electrons. The average Bonchev–Trinajstić information content (AvgIpc) is 3.26. The molecule has 2 rings (SSSR count). The molecule has 3 N–H and O–H groups in total. The summed E-state index contributed by atoms with van der Waals surface area (Å²) in [6.45, 7) is 9.16. The van der Waals surface area contributed by atoms with Crippen molar-refractivity contribution in [2.24, 2.45) is 11.7 Å². The maximum Gasteiger partial charge on any atom is 0.239 e. The van der Waals surface area contributed by atoms with E-state index in [0.717, 1.165) is 52.0 Å². The summed E-state index contributed by atoms with van der Waals surface area (Å²) in [4.78, 5) is 17.2. The number of hydrogen-bond acceptors (Lipinski definition) is 4. The molecule has 2 aliphatic rings. The number of rotatable bonds is 7. The Labute approximate surface area is 129 Å². The van der Waals surface area contributed by atoms with Gasteiger partial charge in [0.25, 0.3) is 0 Å². The van der Waals surface area contributed by atoms with Crippen LogP contribution in [0.5, 0.6) is 0 Å². The lowest BCUT2D eigenvalue weighted by molar-refractivity contribution is -0.126. The van der Waals surface area contributed by atoms with Crippen LogP contribution in [0.3, 0.4) is 0 Å². The minimum Gasteiger partial charge on any atom is -0.368 e. The standard InChI is InChI=1S/C16H32N4O/c1-4-14-11-19(3)9-6-10-20(14)12-16(15(17)21,18-5-2)13-7-8-13/h13-14,18H,4-12H2,1-3H3,(H2,17,21). The first kappa shape index (κ1) is 16.7. The number of amides is 1. The predicted molar refractivity (Wildman–Crippen MR) is 86.1 cm³/mol. The lowest BCUT2D eigenvalue weighted by atomic mass is 9.90. The van der Waals surface area contributed by atoms with E-state index in [2.05, 4.69) is 36.0 Å². The lowest BCUT2D eigenvalue weighted by Gasteiger charge is -2.40. The van der Waals surface area contributed by atoms with Crippen molar-refractivity contribution in [3.05, 3.63) is 0 Å². The Morgan fingerprint density at radius 3 is 2.57 bits per heavy atom. The summed E-state index contributed by atoms with van der Waals surface area (Å²) >= 11 is 0. The third-order valence-corrected chi connectivity index (χ3v) is 5.15. The van der Waals surface area contributed by atoms with Gasteiger partial charge in [0.2, 0.25) is 5.91 Å². The van der Waals surface area contributed by atoms with Crippen molar-refractivity contribution in [3.63, 3.8) is 0 Å². The van der Waals surface area contributed by atoms with Crippen LogP contribution in [0.4, 0.5) is 0 Å². The van der Waals surface area contributed by atoms with Crippen LogP contribution in [-0.4, -0.2) is 67.1 Å². The Hall–Kier alpha value is -0.650. The van der Waals surface area contributed by atoms with Gasteiger partial charge in [-0.1, -0.05) is 13.8 Å². The van der Waals surface area contributed by atoms with Gasteiger partial charge in [0.1, 0.15) is 5.54 Å². The average molecular weight is 296 g/mol. The van der Waals surface area contributed by atoms with E-state index in [0.29, 0.717) is 12.0 Å². The van der Waals surface area contributed by atoms with E-state index in [1.165, 1.54) is 6.42 Å². The van der Waals surface area contributed by atoms with Gasteiger partial charge in [-0.05, 0) is 58.3 Å². The molecule has 1 saturated heterocycles. The highest BCUT2D eigenvalue weighted by molar-refractivity contribution is 5.86. The Morgan fingerprint density at radius 1 is 1.33 bits per heavy atom. The smallest absolute Gasteiger partial charge is 0.239 e. The summed E-state index contributed by atoms with van der Waals surface area (Å²) < 4.78 is 0. The van der Waals surface area contributed by atoms with Crippen LogP contribution in [0.2, 0.25) is 0 Å². The van der Waals surface area contributed by atoms with Crippen molar-refractivity contribution in [1.29, 1.82) is 0 Å². The normalized spacial score (nSPS) is 28.0. The fourth-order valence-corrected chi connectivity index (χ4v) is 3.80. The monoisotopic (exact) mass is 296 g/mol. The van der Waals surface area contributed by atoms with Gasteiger partial charge in [-0.2, -0.15) is 0 Å². The summed E-state index contributed by atoms with van der Waals surface area (Å²) in [7, 11) is 2.19. The molecule has 1 saturated carbocycles. The minimum absolute atomic E-state index is 0.167. The van der Waals surface area contributed by atoms with Gasteiger partial charge in [0.15, 0.2) is 0 Å². The number of hydrogen-bond donors (Lipinski definition) is 2. The summed E-state index contributed by atoms with van der Waals surface area (Å²) in [6.07, 6.45) is 4.54. The first-order chi connectivity index (χ1) is 10.0. The van der Waals surface area contributed by atoms with Crippen molar-refractivity contribution in [2.45, 2.75) is 51.1 Å². The topological polar surface area (TPSA) is 61.6 Å². The van der Waals surface area contributed by atoms with Gasteiger partial charge >= 0.3 is 0 Å². The van der Waals surface area contributed by atoms with Crippen LogP contribution in [0.25, 0.3) is 0 Å². The number of primary amides is 1. The molecule has 21 heavy (non-hydrogen) atoms. The number of nitrogens with two attached hydrogens (primary N) is 1. The molecule has 0 aromatic heterocycles. The fourth-order valence-electron chi connectivity index (χ4n) is 3.80. The van der Waals surface area contributed by atoms with Crippen LogP contribution >= 0.6 is 0 Å². The zero-order valence-corrected chi connectivity index (χ0v) is 13.9. The van der Waals surface area contributed by atoms with Crippen LogP contribution in [0.15, 0.2) is 0 Å². The van der Waals surface area contributed by atoms with E-state index in [1.807, 2.05) is 0 Å². The molecule has 0 bridgehead atoms. The van der Waals surface area contributed by atoms with Gasteiger partial charge in [0.05, 0.1) is 0 Å². The van der Waals surface area contributed by atoms with E-state index >= 15 is 0 Å². The summed E-state index contributed by atoms with van der Waals surface area (Å²) in [5.74, 6) is 0.257. The van der Waals surface area contributed by atoms with E-state index in [-0.39, 0.29) is 5.91 Å². The fraction of sp³-hybridized carbons (Fsp3) is 0.938. The summed E-state index contributed by atoms with van der Waals surface area (Å²) in [6, 6.07) is 0.522. The molecule has 1 aliphatic heterocycles. The zero-order valence-electron chi connectivity index (χ0n) is 13.9. The Bertz CT molecular complexity index is 358. The quantitative estimate of drug-likeness (QED) is 0.724. The predicted octanol–water partition coefficient (Wildman–Crippen LogP) is 0.646. The molecule has 5 heteroatoms. The highest BCUT2D eigenvalue weighted by Gasteiger charge is 2.50. The SMILES string of the molecule is CCNC(CN1CCCN(C)CC1CC)(C(N)=O)C1CC1. The number of likely N-dealkylation sites (N-methyl/N-ethyl adjacent to an activating group) is 2. The van der Waals surface area contributed by atoms with Crippen LogP contribution in [0.1, 0.15) is 39.5 Å². The van der Waals surface area contributed by atoms with Gasteiger partial charge in [-0.15, -0.1) is 0 Å². The third-order valence-electron chi connectivity index (χ3n) is 5.15. The molecular weight excluding hydrogens is 264 g/mol. The van der Waals surface area contributed by atoms with Gasteiger partial charge in [0, 0.05) is 19.1 Å². The first-order valence-corrected chi connectivity index (χ1v) is 8.51. The second kappa shape index (κ2) is 7.07. The second-order valence-corrected chi connectivity index (χ2v) is 6.79. The molecule has 2 atom stereocenters. The molecule has 1 aliphatic carbocycles. The highest BCUT2D eigenvalue weighted by atomic mass is 16.1. The summed E-state index contributed by atoms with van der Waals surface area (Å²) in [5.41, 5.74) is 5.31. The molecule has 0 aromatic carbocycles. The number of carbonyl (C=O) groups excluding carboxylic acids is 1. The molecule has 0 aromatic rings. The minimum atomic E-state index is -0.523. The van der Waals surface area contributed by atoms with Crippen molar-refractivity contribution >= 4 is 5.91 Å². The Morgan fingerprint density at radius 2 is 2.05 bits per heavy atom.